The fraction of sp³-hybridized carbons (Fsp3) is 0.250. The number of hydrogen-bond donors (Lipinski definition) is 1. The number of ether oxygens (including phenoxy) is 1. The topological polar surface area (TPSA) is 55.2 Å². The van der Waals surface area contributed by atoms with E-state index in [9.17, 15) is 0 Å². The highest BCUT2D eigenvalue weighted by Gasteiger charge is 2.09. The summed E-state index contributed by atoms with van der Waals surface area (Å²) in [5.74, 6) is 1.49. The molecule has 2 aromatic carbocycles. The highest BCUT2D eigenvalue weighted by molar-refractivity contribution is 7.71. The third kappa shape index (κ3) is 3.75. The second-order valence-electron chi connectivity index (χ2n) is 6.18. The van der Waals surface area contributed by atoms with Crippen LogP contribution < -0.4 is 4.74 Å². The Morgan fingerprint density at radius 3 is 2.42 bits per heavy atom. The Bertz CT molecular complexity index is 976. The summed E-state index contributed by atoms with van der Waals surface area (Å²) in [5, 5.41) is 11.7. The van der Waals surface area contributed by atoms with Crippen LogP contribution in [-0.2, 0) is 0 Å². The van der Waals surface area contributed by atoms with Gasteiger partial charge in [-0.1, -0.05) is 17.7 Å². The van der Waals surface area contributed by atoms with E-state index in [0.29, 0.717) is 17.2 Å². The van der Waals surface area contributed by atoms with Gasteiger partial charge in [0.2, 0.25) is 4.77 Å². The maximum Gasteiger partial charge on any atom is 0.216 e. The van der Waals surface area contributed by atoms with Crippen molar-refractivity contribution in [3.63, 3.8) is 0 Å². The van der Waals surface area contributed by atoms with Gasteiger partial charge in [0, 0.05) is 11.1 Å². The average Bonchev–Trinajstić information content (AvgIpc) is 2.96. The maximum atomic E-state index is 5.49. The second kappa shape index (κ2) is 7.66. The molecule has 1 aromatic heterocycles. The summed E-state index contributed by atoms with van der Waals surface area (Å²) in [7, 11) is 0. The number of aromatic amines is 1. The van der Waals surface area contributed by atoms with Gasteiger partial charge < -0.3 is 4.74 Å². The normalized spacial score (nSPS) is 11.2. The molecular formula is C20H22N4OS. The zero-order valence-corrected chi connectivity index (χ0v) is 16.2. The molecule has 0 bridgehead atoms. The number of rotatable bonds is 5. The first kappa shape index (κ1) is 18.1. The van der Waals surface area contributed by atoms with Gasteiger partial charge >= 0.3 is 0 Å². The smallest absolute Gasteiger partial charge is 0.216 e. The van der Waals surface area contributed by atoms with E-state index < -0.39 is 0 Å². The van der Waals surface area contributed by atoms with Crippen LogP contribution in [0.25, 0.3) is 11.4 Å². The van der Waals surface area contributed by atoms with Crippen molar-refractivity contribution in [1.82, 2.24) is 14.9 Å². The van der Waals surface area contributed by atoms with Crippen molar-refractivity contribution < 1.29 is 4.74 Å². The SMILES string of the molecule is CCOc1ccc(-c2n[nH]c(=S)n2/N=C\c2c(C)cc(C)cc2C)cc1. The lowest BCUT2D eigenvalue weighted by Gasteiger charge is -2.07. The molecule has 6 heteroatoms. The van der Waals surface area contributed by atoms with Gasteiger partial charge in [-0.15, -0.1) is 0 Å². The molecule has 0 spiro atoms. The molecule has 0 aliphatic rings. The van der Waals surface area contributed by atoms with E-state index in [-0.39, 0.29) is 0 Å². The van der Waals surface area contributed by atoms with E-state index in [2.05, 4.69) is 48.2 Å². The highest BCUT2D eigenvalue weighted by Crippen LogP contribution is 2.21. The Kier molecular flexibility index (Phi) is 5.32. The Balaban J connectivity index is 1.97. The van der Waals surface area contributed by atoms with Crippen molar-refractivity contribution in [2.45, 2.75) is 27.7 Å². The summed E-state index contributed by atoms with van der Waals surface area (Å²) in [6.07, 6.45) is 1.84. The Morgan fingerprint density at radius 1 is 1.15 bits per heavy atom. The summed E-state index contributed by atoms with van der Waals surface area (Å²) in [5.41, 5.74) is 5.62. The molecule has 5 nitrogen and oxygen atoms in total. The van der Waals surface area contributed by atoms with Gasteiger partial charge in [0.1, 0.15) is 5.75 Å². The number of nitrogens with one attached hydrogen (secondary N) is 1. The van der Waals surface area contributed by atoms with Crippen LogP contribution in [0, 0.1) is 25.5 Å². The van der Waals surface area contributed by atoms with Gasteiger partial charge in [0.05, 0.1) is 12.8 Å². The van der Waals surface area contributed by atoms with Crippen LogP contribution in [0.1, 0.15) is 29.2 Å². The van der Waals surface area contributed by atoms with Crippen LogP contribution in [0.5, 0.6) is 5.75 Å². The van der Waals surface area contributed by atoms with Crippen LogP contribution in [0.3, 0.4) is 0 Å². The summed E-state index contributed by atoms with van der Waals surface area (Å²) in [4.78, 5) is 0. The molecule has 0 unspecified atom stereocenters. The molecule has 1 N–H and O–H groups in total. The lowest BCUT2D eigenvalue weighted by molar-refractivity contribution is 0.340. The highest BCUT2D eigenvalue weighted by atomic mass is 32.1. The van der Waals surface area contributed by atoms with Crippen molar-refractivity contribution in [2.24, 2.45) is 5.10 Å². The van der Waals surface area contributed by atoms with Gasteiger partial charge in [-0.3, -0.25) is 0 Å². The van der Waals surface area contributed by atoms with Gasteiger partial charge in [0.25, 0.3) is 0 Å². The quantitative estimate of drug-likeness (QED) is 0.520. The summed E-state index contributed by atoms with van der Waals surface area (Å²) >= 11 is 5.35. The van der Waals surface area contributed by atoms with Gasteiger partial charge in [-0.2, -0.15) is 14.9 Å². The first-order valence-electron chi connectivity index (χ1n) is 8.52. The van der Waals surface area contributed by atoms with Crippen molar-refractivity contribution in [3.8, 4) is 17.1 Å². The number of nitrogens with zero attached hydrogens (tertiary/aromatic N) is 3. The molecule has 0 atom stereocenters. The van der Waals surface area contributed by atoms with E-state index in [0.717, 1.165) is 16.9 Å². The molecule has 1 heterocycles. The molecule has 0 aliphatic heterocycles. The molecule has 0 fully saturated rings. The molecule has 0 saturated carbocycles. The van der Waals surface area contributed by atoms with Crippen molar-refractivity contribution >= 4 is 18.4 Å². The second-order valence-corrected chi connectivity index (χ2v) is 6.57. The molecule has 0 amide bonds. The molecule has 0 aliphatic carbocycles. The molecule has 0 radical (unpaired) electrons. The Hall–Kier alpha value is -2.73. The predicted octanol–water partition coefficient (Wildman–Crippen LogP) is 4.81. The van der Waals surface area contributed by atoms with Gasteiger partial charge in [-0.05, 0) is 75.3 Å². The standard InChI is InChI=1S/C20H22N4OS/c1-5-25-17-8-6-16(7-9-17)19-22-23-20(26)24(19)21-12-18-14(3)10-13(2)11-15(18)4/h6-12H,5H2,1-4H3,(H,23,26)/b21-12-. The minimum absolute atomic E-state index is 0.451. The molecule has 3 rings (SSSR count). The predicted molar refractivity (Wildman–Crippen MR) is 108 cm³/mol. The Morgan fingerprint density at radius 2 is 1.81 bits per heavy atom. The molecule has 134 valence electrons. The fourth-order valence-electron chi connectivity index (χ4n) is 2.96. The number of aromatic nitrogens is 3. The van der Waals surface area contributed by atoms with Crippen molar-refractivity contribution in [2.75, 3.05) is 6.61 Å². The summed E-state index contributed by atoms with van der Waals surface area (Å²) in [6, 6.07) is 12.0. The minimum Gasteiger partial charge on any atom is -0.494 e. The van der Waals surface area contributed by atoms with E-state index in [1.165, 1.54) is 16.7 Å². The summed E-state index contributed by atoms with van der Waals surface area (Å²) in [6.45, 7) is 8.87. The van der Waals surface area contributed by atoms with E-state index in [1.807, 2.05) is 37.4 Å². The van der Waals surface area contributed by atoms with Crippen LogP contribution in [0.2, 0.25) is 0 Å². The fourth-order valence-corrected chi connectivity index (χ4v) is 3.14. The van der Waals surface area contributed by atoms with Crippen LogP contribution in [0.4, 0.5) is 0 Å². The number of benzene rings is 2. The lowest BCUT2D eigenvalue weighted by Crippen LogP contribution is -1.98. The number of hydrogen-bond acceptors (Lipinski definition) is 4. The van der Waals surface area contributed by atoms with E-state index in [1.54, 1.807) is 4.68 Å². The summed E-state index contributed by atoms with van der Waals surface area (Å²) < 4.78 is 7.58. The van der Waals surface area contributed by atoms with Crippen molar-refractivity contribution in [3.05, 3.63) is 63.4 Å². The van der Waals surface area contributed by atoms with E-state index >= 15 is 0 Å². The van der Waals surface area contributed by atoms with Crippen molar-refractivity contribution in [1.29, 1.82) is 0 Å². The monoisotopic (exact) mass is 366 g/mol. The Labute approximate surface area is 158 Å². The van der Waals surface area contributed by atoms with Gasteiger partial charge in [0.15, 0.2) is 5.82 Å². The number of H-pyrrole nitrogens is 1. The zero-order chi connectivity index (χ0) is 18.7. The van der Waals surface area contributed by atoms with Gasteiger partial charge in [-0.25, -0.2) is 5.10 Å². The zero-order valence-electron chi connectivity index (χ0n) is 15.4. The lowest BCUT2D eigenvalue weighted by atomic mass is 10.0. The first-order chi connectivity index (χ1) is 12.5. The number of aryl methyl sites for hydroxylation is 3. The molecule has 26 heavy (non-hydrogen) atoms. The van der Waals surface area contributed by atoms with Crippen LogP contribution >= 0.6 is 12.2 Å². The van der Waals surface area contributed by atoms with Crippen LogP contribution in [-0.4, -0.2) is 27.7 Å². The third-order valence-electron chi connectivity index (χ3n) is 4.11. The average molecular weight is 366 g/mol. The largest absolute Gasteiger partial charge is 0.494 e. The van der Waals surface area contributed by atoms with E-state index in [4.69, 9.17) is 17.0 Å². The first-order valence-corrected chi connectivity index (χ1v) is 8.93. The third-order valence-corrected chi connectivity index (χ3v) is 4.38. The van der Waals surface area contributed by atoms with Crippen LogP contribution in [0.15, 0.2) is 41.5 Å². The molecule has 3 aromatic rings. The minimum atomic E-state index is 0.451. The molecular weight excluding hydrogens is 344 g/mol. The maximum absolute atomic E-state index is 5.49. The molecule has 0 saturated heterocycles.